The molecule has 1 saturated carbocycles. The minimum absolute atomic E-state index is 0.174. The van der Waals surface area contributed by atoms with Crippen molar-refractivity contribution in [1.82, 2.24) is 4.90 Å². The molecule has 0 saturated heterocycles. The maximum Gasteiger partial charge on any atom is 0.115 e. The third kappa shape index (κ3) is 4.03. The van der Waals surface area contributed by atoms with Crippen LogP contribution in [0.1, 0.15) is 36.0 Å². The zero-order valence-electron chi connectivity index (χ0n) is 15.9. The smallest absolute Gasteiger partial charge is 0.115 e. The van der Waals surface area contributed by atoms with E-state index < -0.39 is 5.60 Å². The van der Waals surface area contributed by atoms with Crippen LogP contribution in [0, 0.1) is 12.8 Å². The second-order valence-electron chi connectivity index (χ2n) is 7.70. The number of aryl methyl sites for hydroxylation is 1. The summed E-state index contributed by atoms with van der Waals surface area (Å²) in [6.07, 6.45) is 5.20. The first-order chi connectivity index (χ1) is 12.4. The fraction of sp³-hybridized carbons (Fsp3) is 0.391. The van der Waals surface area contributed by atoms with Gasteiger partial charge in [-0.05, 0) is 69.1 Å². The van der Waals surface area contributed by atoms with Gasteiger partial charge in [-0.2, -0.15) is 0 Å². The SMILES string of the molecule is Cc1ccc(C2(O)/C(=C/c3ccc(Cl)cc3)CCCC2CN(C)C)cc1. The number of rotatable bonds is 4. The van der Waals surface area contributed by atoms with E-state index in [1.165, 1.54) is 5.56 Å². The van der Waals surface area contributed by atoms with Gasteiger partial charge in [-0.15, -0.1) is 0 Å². The molecule has 0 radical (unpaired) electrons. The first kappa shape index (κ1) is 19.2. The Kier molecular flexibility index (Phi) is 5.86. The monoisotopic (exact) mass is 369 g/mol. The zero-order chi connectivity index (χ0) is 18.7. The maximum atomic E-state index is 12.0. The highest BCUT2D eigenvalue weighted by atomic mass is 35.5. The molecule has 0 aromatic heterocycles. The molecular weight excluding hydrogens is 342 g/mol. The fourth-order valence-electron chi connectivity index (χ4n) is 4.04. The van der Waals surface area contributed by atoms with E-state index in [1.54, 1.807) is 0 Å². The van der Waals surface area contributed by atoms with Crippen LogP contribution in [-0.4, -0.2) is 30.6 Å². The summed E-state index contributed by atoms with van der Waals surface area (Å²) in [5, 5.41) is 12.7. The Labute approximate surface area is 162 Å². The Bertz CT molecular complexity index is 764. The predicted molar refractivity (Wildman–Crippen MR) is 110 cm³/mol. The van der Waals surface area contributed by atoms with Crippen molar-refractivity contribution in [2.45, 2.75) is 31.8 Å². The first-order valence-electron chi connectivity index (χ1n) is 9.30. The summed E-state index contributed by atoms with van der Waals surface area (Å²) < 4.78 is 0. The van der Waals surface area contributed by atoms with E-state index in [0.29, 0.717) is 0 Å². The van der Waals surface area contributed by atoms with Crippen LogP contribution >= 0.6 is 11.6 Å². The van der Waals surface area contributed by atoms with Crippen molar-refractivity contribution < 1.29 is 5.11 Å². The van der Waals surface area contributed by atoms with Crippen molar-refractivity contribution in [3.05, 3.63) is 75.8 Å². The maximum absolute atomic E-state index is 12.0. The number of nitrogens with zero attached hydrogens (tertiary/aromatic N) is 1. The van der Waals surface area contributed by atoms with Crippen molar-refractivity contribution >= 4 is 17.7 Å². The highest BCUT2D eigenvalue weighted by molar-refractivity contribution is 6.30. The van der Waals surface area contributed by atoms with Gasteiger partial charge in [0.05, 0.1) is 0 Å². The van der Waals surface area contributed by atoms with Gasteiger partial charge in [-0.25, -0.2) is 0 Å². The van der Waals surface area contributed by atoms with Gasteiger partial charge in [0.15, 0.2) is 0 Å². The third-order valence-corrected chi connectivity index (χ3v) is 5.62. The Balaban J connectivity index is 2.07. The van der Waals surface area contributed by atoms with Gasteiger partial charge in [0.25, 0.3) is 0 Å². The Morgan fingerprint density at radius 3 is 2.38 bits per heavy atom. The first-order valence-corrected chi connectivity index (χ1v) is 9.68. The molecular formula is C23H28ClNO. The number of hydrogen-bond acceptors (Lipinski definition) is 2. The molecule has 3 heteroatoms. The molecule has 0 aliphatic heterocycles. The number of benzene rings is 2. The molecule has 138 valence electrons. The average Bonchev–Trinajstić information content (AvgIpc) is 2.60. The van der Waals surface area contributed by atoms with E-state index >= 15 is 0 Å². The molecule has 3 rings (SSSR count). The van der Waals surface area contributed by atoms with Crippen LogP contribution in [0.3, 0.4) is 0 Å². The molecule has 0 amide bonds. The lowest BCUT2D eigenvalue weighted by Crippen LogP contribution is -2.44. The molecule has 2 aromatic rings. The zero-order valence-corrected chi connectivity index (χ0v) is 16.6. The number of halogens is 1. The molecule has 1 N–H and O–H groups in total. The number of hydrogen-bond donors (Lipinski definition) is 1. The fourth-order valence-corrected chi connectivity index (χ4v) is 4.16. The molecule has 26 heavy (non-hydrogen) atoms. The van der Waals surface area contributed by atoms with E-state index in [1.807, 2.05) is 24.3 Å². The minimum atomic E-state index is -0.935. The lowest BCUT2D eigenvalue weighted by molar-refractivity contribution is -0.0174. The summed E-state index contributed by atoms with van der Waals surface area (Å²) in [5.41, 5.74) is 3.45. The molecule has 0 bridgehead atoms. The second kappa shape index (κ2) is 7.96. The molecule has 1 aliphatic rings. The van der Waals surface area contributed by atoms with E-state index in [-0.39, 0.29) is 5.92 Å². The highest BCUT2D eigenvalue weighted by Gasteiger charge is 2.44. The highest BCUT2D eigenvalue weighted by Crippen LogP contribution is 2.46. The second-order valence-corrected chi connectivity index (χ2v) is 8.14. The summed E-state index contributed by atoms with van der Waals surface area (Å²) in [6.45, 7) is 2.94. The van der Waals surface area contributed by atoms with Crippen LogP contribution in [0.25, 0.3) is 6.08 Å². The minimum Gasteiger partial charge on any atom is -0.380 e. The van der Waals surface area contributed by atoms with E-state index in [2.05, 4.69) is 56.3 Å². The largest absolute Gasteiger partial charge is 0.380 e. The Morgan fingerprint density at radius 2 is 1.77 bits per heavy atom. The van der Waals surface area contributed by atoms with Crippen molar-refractivity contribution in [2.24, 2.45) is 5.92 Å². The van der Waals surface area contributed by atoms with Crippen LogP contribution in [0.2, 0.25) is 5.02 Å². The van der Waals surface area contributed by atoms with Gasteiger partial charge in [0, 0.05) is 17.5 Å². The standard InChI is InChI=1S/C23H28ClNO/c1-17-7-11-19(12-8-17)23(26)20(5-4-6-21(23)16-25(2)3)15-18-9-13-22(24)14-10-18/h7-15,21,26H,4-6,16H2,1-3H3/b20-15+. The molecule has 0 heterocycles. The molecule has 2 nitrogen and oxygen atoms in total. The summed E-state index contributed by atoms with van der Waals surface area (Å²) in [6, 6.07) is 16.2. The summed E-state index contributed by atoms with van der Waals surface area (Å²) in [7, 11) is 4.15. The van der Waals surface area contributed by atoms with Crippen LogP contribution in [0.4, 0.5) is 0 Å². The molecule has 1 fully saturated rings. The number of aliphatic hydroxyl groups is 1. The van der Waals surface area contributed by atoms with Crippen molar-refractivity contribution in [1.29, 1.82) is 0 Å². The van der Waals surface area contributed by atoms with Crippen molar-refractivity contribution in [3.8, 4) is 0 Å². The van der Waals surface area contributed by atoms with Gasteiger partial charge in [-0.3, -0.25) is 0 Å². The predicted octanol–water partition coefficient (Wildman–Crippen LogP) is 5.28. The summed E-state index contributed by atoms with van der Waals surface area (Å²) in [5.74, 6) is 0.174. The summed E-state index contributed by atoms with van der Waals surface area (Å²) in [4.78, 5) is 2.18. The van der Waals surface area contributed by atoms with Crippen LogP contribution in [0.15, 0.2) is 54.1 Å². The summed E-state index contributed by atoms with van der Waals surface area (Å²) >= 11 is 6.03. The van der Waals surface area contributed by atoms with Crippen LogP contribution in [0.5, 0.6) is 0 Å². The lowest BCUT2D eigenvalue weighted by Gasteiger charge is -2.44. The van der Waals surface area contributed by atoms with Gasteiger partial charge < -0.3 is 10.0 Å². The van der Waals surface area contributed by atoms with Gasteiger partial charge in [0.1, 0.15) is 5.60 Å². The average molecular weight is 370 g/mol. The van der Waals surface area contributed by atoms with Gasteiger partial charge in [0.2, 0.25) is 0 Å². The van der Waals surface area contributed by atoms with E-state index in [4.69, 9.17) is 11.6 Å². The lowest BCUT2D eigenvalue weighted by atomic mass is 9.67. The topological polar surface area (TPSA) is 23.5 Å². The Hall–Kier alpha value is -1.61. The molecule has 0 spiro atoms. The van der Waals surface area contributed by atoms with Crippen LogP contribution < -0.4 is 0 Å². The Morgan fingerprint density at radius 1 is 1.12 bits per heavy atom. The van der Waals surface area contributed by atoms with Gasteiger partial charge in [-0.1, -0.05) is 59.6 Å². The van der Waals surface area contributed by atoms with Crippen molar-refractivity contribution in [2.75, 3.05) is 20.6 Å². The normalized spacial score (nSPS) is 25.0. The molecule has 2 unspecified atom stereocenters. The van der Waals surface area contributed by atoms with E-state index in [0.717, 1.165) is 47.5 Å². The molecule has 2 atom stereocenters. The van der Waals surface area contributed by atoms with Gasteiger partial charge >= 0.3 is 0 Å². The van der Waals surface area contributed by atoms with E-state index in [9.17, 15) is 5.11 Å². The molecule has 1 aliphatic carbocycles. The van der Waals surface area contributed by atoms with Crippen LogP contribution in [-0.2, 0) is 5.60 Å². The third-order valence-electron chi connectivity index (χ3n) is 5.37. The van der Waals surface area contributed by atoms with Crippen molar-refractivity contribution in [3.63, 3.8) is 0 Å². The molecule has 2 aromatic carbocycles. The quantitative estimate of drug-likeness (QED) is 0.792.